The van der Waals surface area contributed by atoms with E-state index in [2.05, 4.69) is 0 Å². The molecule has 0 spiro atoms. The fraction of sp³-hybridized carbons (Fsp3) is 0.0833. The predicted molar refractivity (Wildman–Crippen MR) is 65.2 cm³/mol. The summed E-state index contributed by atoms with van der Waals surface area (Å²) < 4.78 is 0. The second-order valence-electron chi connectivity index (χ2n) is 3.36. The molecule has 3 nitrogen and oxygen atoms in total. The second-order valence-corrected chi connectivity index (χ2v) is 4.31. The average molecular weight is 233 g/mol. The lowest BCUT2D eigenvalue weighted by molar-refractivity contribution is 0.0997. The summed E-state index contributed by atoms with van der Waals surface area (Å²) in [5.41, 5.74) is 0.760. The Kier molecular flexibility index (Phi) is 2.92. The maximum atomic E-state index is 12.0. The average Bonchev–Trinajstić information content (AvgIpc) is 2.81. The molecule has 0 fully saturated rings. The molecule has 1 heterocycles. The fourth-order valence-electron chi connectivity index (χ4n) is 1.36. The van der Waals surface area contributed by atoms with Gasteiger partial charge in [0.05, 0.1) is 4.88 Å². The molecule has 1 amide bonds. The standard InChI is InChI=1S/C12H11NO2S/c1-13(9-4-6-10(14)7-5-9)12(15)11-3-2-8-16-11/h2-8,14H,1H3. The maximum absolute atomic E-state index is 12.0. The van der Waals surface area contributed by atoms with E-state index in [0.29, 0.717) is 4.88 Å². The van der Waals surface area contributed by atoms with Crippen LogP contribution < -0.4 is 4.90 Å². The highest BCUT2D eigenvalue weighted by molar-refractivity contribution is 7.12. The van der Waals surface area contributed by atoms with Crippen LogP contribution in [0.15, 0.2) is 41.8 Å². The molecule has 1 aromatic heterocycles. The zero-order valence-corrected chi connectivity index (χ0v) is 9.57. The van der Waals surface area contributed by atoms with Crippen molar-refractivity contribution in [3.63, 3.8) is 0 Å². The Morgan fingerprint density at radius 3 is 2.50 bits per heavy atom. The molecular weight excluding hydrogens is 222 g/mol. The largest absolute Gasteiger partial charge is 0.508 e. The minimum atomic E-state index is -0.0410. The number of rotatable bonds is 2. The van der Waals surface area contributed by atoms with Crippen molar-refractivity contribution in [3.8, 4) is 5.75 Å². The smallest absolute Gasteiger partial charge is 0.268 e. The van der Waals surface area contributed by atoms with Gasteiger partial charge in [0.2, 0.25) is 0 Å². The summed E-state index contributed by atoms with van der Waals surface area (Å²) in [7, 11) is 1.72. The Morgan fingerprint density at radius 1 is 1.25 bits per heavy atom. The molecule has 0 aliphatic heterocycles. The van der Waals surface area contributed by atoms with Gasteiger partial charge in [-0.05, 0) is 35.7 Å². The van der Waals surface area contributed by atoms with E-state index in [9.17, 15) is 4.79 Å². The van der Waals surface area contributed by atoms with E-state index >= 15 is 0 Å². The van der Waals surface area contributed by atoms with Crippen LogP contribution >= 0.6 is 11.3 Å². The number of nitrogens with zero attached hydrogens (tertiary/aromatic N) is 1. The molecule has 82 valence electrons. The lowest BCUT2D eigenvalue weighted by Gasteiger charge is -2.16. The first kappa shape index (κ1) is 10.7. The summed E-state index contributed by atoms with van der Waals surface area (Å²) in [6.07, 6.45) is 0. The molecule has 0 saturated heterocycles. The molecule has 0 aliphatic carbocycles. The van der Waals surface area contributed by atoms with Gasteiger partial charge in [0.1, 0.15) is 5.75 Å². The van der Waals surface area contributed by atoms with Gasteiger partial charge in [0.25, 0.3) is 5.91 Å². The highest BCUT2D eigenvalue weighted by atomic mass is 32.1. The van der Waals surface area contributed by atoms with Gasteiger partial charge in [0.15, 0.2) is 0 Å². The molecule has 2 rings (SSSR count). The van der Waals surface area contributed by atoms with Crippen LogP contribution in [-0.4, -0.2) is 18.1 Å². The van der Waals surface area contributed by atoms with Gasteiger partial charge in [-0.25, -0.2) is 0 Å². The number of carbonyl (C=O) groups excluding carboxylic acids is 1. The Morgan fingerprint density at radius 2 is 1.94 bits per heavy atom. The Hall–Kier alpha value is -1.81. The van der Waals surface area contributed by atoms with Crippen LogP contribution in [-0.2, 0) is 0 Å². The van der Waals surface area contributed by atoms with E-state index in [1.807, 2.05) is 11.4 Å². The van der Waals surface area contributed by atoms with E-state index in [4.69, 9.17) is 5.11 Å². The Bertz CT molecular complexity index is 476. The molecule has 0 unspecified atom stereocenters. The van der Waals surface area contributed by atoms with Crippen molar-refractivity contribution in [2.75, 3.05) is 11.9 Å². The third-order valence-corrected chi connectivity index (χ3v) is 3.13. The van der Waals surface area contributed by atoms with Crippen molar-refractivity contribution in [2.24, 2.45) is 0 Å². The van der Waals surface area contributed by atoms with Crippen molar-refractivity contribution in [1.82, 2.24) is 0 Å². The number of amides is 1. The minimum Gasteiger partial charge on any atom is -0.508 e. The number of phenolic OH excluding ortho intramolecular Hbond substituents is 1. The van der Waals surface area contributed by atoms with Crippen LogP contribution in [0.3, 0.4) is 0 Å². The molecule has 0 radical (unpaired) electrons. The van der Waals surface area contributed by atoms with Crippen molar-refractivity contribution >= 4 is 22.9 Å². The van der Waals surface area contributed by atoms with Crippen LogP contribution in [0.5, 0.6) is 5.75 Å². The fourth-order valence-corrected chi connectivity index (χ4v) is 2.06. The van der Waals surface area contributed by atoms with Gasteiger partial charge >= 0.3 is 0 Å². The molecule has 0 saturated carbocycles. The number of benzene rings is 1. The van der Waals surface area contributed by atoms with E-state index < -0.39 is 0 Å². The number of thiophene rings is 1. The van der Waals surface area contributed by atoms with E-state index in [1.54, 1.807) is 42.3 Å². The number of phenols is 1. The van der Waals surface area contributed by atoms with E-state index in [1.165, 1.54) is 11.3 Å². The molecule has 0 bridgehead atoms. The van der Waals surface area contributed by atoms with Gasteiger partial charge in [0, 0.05) is 12.7 Å². The molecule has 2 aromatic rings. The summed E-state index contributed by atoms with van der Waals surface area (Å²) in [5.74, 6) is 0.154. The number of carbonyl (C=O) groups is 1. The summed E-state index contributed by atoms with van der Waals surface area (Å²) >= 11 is 1.42. The third-order valence-electron chi connectivity index (χ3n) is 2.27. The van der Waals surface area contributed by atoms with Crippen LogP contribution in [0.25, 0.3) is 0 Å². The van der Waals surface area contributed by atoms with Crippen LogP contribution in [0.1, 0.15) is 9.67 Å². The molecule has 0 aliphatic rings. The van der Waals surface area contributed by atoms with E-state index in [0.717, 1.165) is 5.69 Å². The maximum Gasteiger partial charge on any atom is 0.268 e. The number of anilines is 1. The lowest BCUT2D eigenvalue weighted by atomic mass is 10.2. The second kappa shape index (κ2) is 4.37. The normalized spacial score (nSPS) is 10.1. The van der Waals surface area contributed by atoms with Crippen LogP contribution in [0, 0.1) is 0 Å². The third kappa shape index (κ3) is 2.06. The van der Waals surface area contributed by atoms with Gasteiger partial charge in [-0.3, -0.25) is 4.79 Å². The number of aromatic hydroxyl groups is 1. The highest BCUT2D eigenvalue weighted by Gasteiger charge is 2.13. The van der Waals surface area contributed by atoms with Crippen LogP contribution in [0.2, 0.25) is 0 Å². The monoisotopic (exact) mass is 233 g/mol. The summed E-state index contributed by atoms with van der Waals surface area (Å²) in [5, 5.41) is 11.0. The summed E-state index contributed by atoms with van der Waals surface area (Å²) in [6.45, 7) is 0. The zero-order chi connectivity index (χ0) is 11.5. The van der Waals surface area contributed by atoms with Crippen molar-refractivity contribution < 1.29 is 9.90 Å². The quantitative estimate of drug-likeness (QED) is 0.866. The lowest BCUT2D eigenvalue weighted by Crippen LogP contribution is -2.25. The van der Waals surface area contributed by atoms with Crippen molar-refractivity contribution in [3.05, 3.63) is 46.7 Å². The van der Waals surface area contributed by atoms with Crippen molar-refractivity contribution in [2.45, 2.75) is 0 Å². The number of hydrogen-bond acceptors (Lipinski definition) is 3. The Labute approximate surface area is 97.6 Å². The Balaban J connectivity index is 2.22. The molecule has 4 heteroatoms. The van der Waals surface area contributed by atoms with Crippen molar-refractivity contribution in [1.29, 1.82) is 0 Å². The first-order valence-electron chi connectivity index (χ1n) is 4.79. The summed E-state index contributed by atoms with van der Waals surface area (Å²) in [6, 6.07) is 10.2. The van der Waals surface area contributed by atoms with Gasteiger partial charge in [-0.15, -0.1) is 11.3 Å². The number of hydrogen-bond donors (Lipinski definition) is 1. The highest BCUT2D eigenvalue weighted by Crippen LogP contribution is 2.20. The first-order chi connectivity index (χ1) is 7.68. The zero-order valence-electron chi connectivity index (χ0n) is 8.75. The molecule has 1 N–H and O–H groups in total. The van der Waals surface area contributed by atoms with Gasteiger partial charge in [-0.1, -0.05) is 6.07 Å². The molecular formula is C12H11NO2S. The predicted octanol–water partition coefficient (Wildman–Crippen LogP) is 2.73. The van der Waals surface area contributed by atoms with E-state index in [-0.39, 0.29) is 11.7 Å². The first-order valence-corrected chi connectivity index (χ1v) is 5.67. The minimum absolute atomic E-state index is 0.0410. The topological polar surface area (TPSA) is 40.5 Å². The molecule has 1 aromatic carbocycles. The molecule has 16 heavy (non-hydrogen) atoms. The van der Waals surface area contributed by atoms with Gasteiger partial charge < -0.3 is 10.0 Å². The summed E-state index contributed by atoms with van der Waals surface area (Å²) in [4.78, 5) is 14.2. The molecule has 0 atom stereocenters. The van der Waals surface area contributed by atoms with Crippen LogP contribution in [0.4, 0.5) is 5.69 Å². The van der Waals surface area contributed by atoms with Gasteiger partial charge in [-0.2, -0.15) is 0 Å². The SMILES string of the molecule is CN(C(=O)c1cccs1)c1ccc(O)cc1.